The molecule has 0 unspecified atom stereocenters. The minimum atomic E-state index is -0.401. The predicted molar refractivity (Wildman–Crippen MR) is 61.8 cm³/mol. The van der Waals surface area contributed by atoms with Crippen molar-refractivity contribution in [2.45, 2.75) is 6.92 Å². The van der Waals surface area contributed by atoms with Crippen molar-refractivity contribution >= 4 is 17.3 Å². The molecular formula is C10H12N4O2. The van der Waals surface area contributed by atoms with Crippen LogP contribution in [0.2, 0.25) is 0 Å². The molecule has 0 aromatic heterocycles. The predicted octanol–water partition coefficient (Wildman–Crippen LogP) is 1.27. The largest absolute Gasteiger partial charge is 0.354 e. The van der Waals surface area contributed by atoms with Crippen molar-refractivity contribution in [3.8, 4) is 0 Å². The summed E-state index contributed by atoms with van der Waals surface area (Å²) in [6.45, 7) is 3.41. The number of nitro groups is 1. The maximum atomic E-state index is 10.6. The number of rotatable bonds is 2. The molecule has 84 valence electrons. The van der Waals surface area contributed by atoms with Crippen LogP contribution < -0.4 is 10.6 Å². The number of hydrogen-bond donors (Lipinski definition) is 2. The fourth-order valence-electron chi connectivity index (χ4n) is 1.51. The third-order valence-electron chi connectivity index (χ3n) is 2.35. The number of nitrogens with one attached hydrogen (secondary N) is 2. The highest BCUT2D eigenvalue weighted by Crippen LogP contribution is 2.21. The zero-order valence-electron chi connectivity index (χ0n) is 8.86. The van der Waals surface area contributed by atoms with Crippen molar-refractivity contribution in [2.75, 3.05) is 18.4 Å². The van der Waals surface area contributed by atoms with E-state index in [1.165, 1.54) is 12.1 Å². The monoisotopic (exact) mass is 220 g/mol. The lowest BCUT2D eigenvalue weighted by Crippen LogP contribution is -2.26. The van der Waals surface area contributed by atoms with Crippen molar-refractivity contribution < 1.29 is 4.92 Å². The highest BCUT2D eigenvalue weighted by Gasteiger charge is 2.10. The highest BCUT2D eigenvalue weighted by molar-refractivity contribution is 5.95. The molecule has 6 heteroatoms. The van der Waals surface area contributed by atoms with E-state index < -0.39 is 4.92 Å². The van der Waals surface area contributed by atoms with Gasteiger partial charge < -0.3 is 10.6 Å². The zero-order valence-corrected chi connectivity index (χ0v) is 8.86. The first-order chi connectivity index (χ1) is 7.66. The van der Waals surface area contributed by atoms with E-state index in [-0.39, 0.29) is 5.69 Å². The van der Waals surface area contributed by atoms with Gasteiger partial charge in [0.1, 0.15) is 0 Å². The van der Waals surface area contributed by atoms with Gasteiger partial charge in [-0.3, -0.25) is 15.1 Å². The lowest BCUT2D eigenvalue weighted by molar-refractivity contribution is -0.384. The number of non-ortho nitro benzene ring substituents is 1. The van der Waals surface area contributed by atoms with Crippen LogP contribution in [-0.2, 0) is 0 Å². The summed E-state index contributed by atoms with van der Waals surface area (Å²) in [6.07, 6.45) is 0. The second kappa shape index (κ2) is 4.18. The van der Waals surface area contributed by atoms with Crippen molar-refractivity contribution in [3.63, 3.8) is 0 Å². The Hall–Kier alpha value is -2.11. The van der Waals surface area contributed by atoms with Crippen LogP contribution in [0.5, 0.6) is 0 Å². The molecule has 2 N–H and O–H groups in total. The Morgan fingerprint density at radius 2 is 2.38 bits per heavy atom. The van der Waals surface area contributed by atoms with Crippen LogP contribution in [0.1, 0.15) is 5.56 Å². The van der Waals surface area contributed by atoms with Crippen LogP contribution in [0.25, 0.3) is 0 Å². The Morgan fingerprint density at radius 1 is 1.56 bits per heavy atom. The number of aryl methyl sites for hydroxylation is 1. The summed E-state index contributed by atoms with van der Waals surface area (Å²) in [5.74, 6) is 0.719. The third-order valence-corrected chi connectivity index (χ3v) is 2.35. The normalized spacial score (nSPS) is 14.2. The van der Waals surface area contributed by atoms with Gasteiger partial charge in [0.15, 0.2) is 5.96 Å². The summed E-state index contributed by atoms with van der Waals surface area (Å²) in [6, 6.07) is 4.71. The van der Waals surface area contributed by atoms with E-state index in [2.05, 4.69) is 15.6 Å². The van der Waals surface area contributed by atoms with Crippen LogP contribution in [0, 0.1) is 17.0 Å². The Morgan fingerprint density at radius 3 is 2.94 bits per heavy atom. The second-order valence-corrected chi connectivity index (χ2v) is 3.54. The first-order valence-electron chi connectivity index (χ1n) is 4.97. The number of nitrogens with zero attached hydrogens (tertiary/aromatic N) is 2. The Kier molecular flexibility index (Phi) is 2.72. The maximum Gasteiger partial charge on any atom is 0.269 e. The lowest BCUT2D eigenvalue weighted by Gasteiger charge is -2.08. The molecule has 0 atom stereocenters. The molecule has 6 nitrogen and oxygen atoms in total. The zero-order chi connectivity index (χ0) is 11.5. The van der Waals surface area contributed by atoms with Crippen molar-refractivity contribution in [1.29, 1.82) is 0 Å². The standard InChI is InChI=1S/C10H12N4O2/c1-7-6-8(14(15)16)2-3-9(7)13-10-11-4-5-12-10/h2-3,6H,4-5H2,1H3,(H2,11,12,13). The van der Waals surface area contributed by atoms with Crippen molar-refractivity contribution in [3.05, 3.63) is 33.9 Å². The van der Waals surface area contributed by atoms with Crippen LogP contribution in [-0.4, -0.2) is 24.0 Å². The summed E-state index contributed by atoms with van der Waals surface area (Å²) >= 11 is 0. The molecule has 0 fully saturated rings. The van der Waals surface area contributed by atoms with E-state index in [1.54, 1.807) is 6.07 Å². The van der Waals surface area contributed by atoms with Crippen LogP contribution in [0.4, 0.5) is 11.4 Å². The van der Waals surface area contributed by atoms with E-state index in [4.69, 9.17) is 0 Å². The number of benzene rings is 1. The van der Waals surface area contributed by atoms with E-state index in [9.17, 15) is 10.1 Å². The first kappa shape index (κ1) is 10.4. The summed E-state index contributed by atoms with van der Waals surface area (Å²) in [4.78, 5) is 14.3. The molecule has 1 aliphatic rings. The van der Waals surface area contributed by atoms with E-state index >= 15 is 0 Å². The summed E-state index contributed by atoms with van der Waals surface area (Å²) in [5, 5.41) is 16.7. The Labute approximate surface area is 92.5 Å². The fourth-order valence-corrected chi connectivity index (χ4v) is 1.51. The van der Waals surface area contributed by atoms with Gasteiger partial charge in [0.2, 0.25) is 0 Å². The smallest absolute Gasteiger partial charge is 0.269 e. The van der Waals surface area contributed by atoms with Gasteiger partial charge in [-0.15, -0.1) is 0 Å². The number of anilines is 1. The molecule has 0 aliphatic carbocycles. The molecule has 1 aliphatic heterocycles. The number of nitro benzene ring substituents is 1. The van der Waals surface area contributed by atoms with Gasteiger partial charge in [-0.2, -0.15) is 0 Å². The summed E-state index contributed by atoms with van der Waals surface area (Å²) in [5.41, 5.74) is 1.76. The van der Waals surface area contributed by atoms with Gasteiger partial charge in [-0.25, -0.2) is 0 Å². The molecule has 0 spiro atoms. The number of hydrogen-bond acceptors (Lipinski definition) is 5. The molecule has 16 heavy (non-hydrogen) atoms. The van der Waals surface area contributed by atoms with Gasteiger partial charge >= 0.3 is 0 Å². The minimum absolute atomic E-state index is 0.101. The fraction of sp³-hybridized carbons (Fsp3) is 0.300. The second-order valence-electron chi connectivity index (χ2n) is 3.54. The van der Waals surface area contributed by atoms with Crippen molar-refractivity contribution in [1.82, 2.24) is 5.32 Å². The molecule has 1 aromatic carbocycles. The van der Waals surface area contributed by atoms with Crippen LogP contribution in [0.3, 0.4) is 0 Å². The molecule has 0 amide bonds. The van der Waals surface area contributed by atoms with E-state index in [1.807, 2.05) is 6.92 Å². The number of aliphatic imine (C=N–C) groups is 1. The molecule has 0 radical (unpaired) electrons. The molecule has 1 heterocycles. The average Bonchev–Trinajstić information content (AvgIpc) is 2.73. The molecule has 0 bridgehead atoms. The minimum Gasteiger partial charge on any atom is -0.354 e. The van der Waals surface area contributed by atoms with E-state index in [0.717, 1.165) is 30.3 Å². The SMILES string of the molecule is Cc1cc([N+](=O)[O-])ccc1NC1=NCCN1. The van der Waals surface area contributed by atoms with Gasteiger partial charge in [-0.1, -0.05) is 0 Å². The van der Waals surface area contributed by atoms with Gasteiger partial charge in [0.25, 0.3) is 5.69 Å². The maximum absolute atomic E-state index is 10.6. The first-order valence-corrected chi connectivity index (χ1v) is 4.97. The van der Waals surface area contributed by atoms with Crippen LogP contribution >= 0.6 is 0 Å². The average molecular weight is 220 g/mol. The quantitative estimate of drug-likeness (QED) is 0.581. The van der Waals surface area contributed by atoms with Crippen molar-refractivity contribution in [2.24, 2.45) is 4.99 Å². The molecular weight excluding hydrogens is 208 g/mol. The molecule has 1 aromatic rings. The topological polar surface area (TPSA) is 79.6 Å². The number of guanidine groups is 1. The summed E-state index contributed by atoms with van der Waals surface area (Å²) in [7, 11) is 0. The Bertz CT molecular complexity index is 456. The molecule has 0 saturated carbocycles. The lowest BCUT2D eigenvalue weighted by atomic mass is 10.2. The summed E-state index contributed by atoms with van der Waals surface area (Å²) < 4.78 is 0. The Balaban J connectivity index is 2.19. The molecule has 2 rings (SSSR count). The van der Waals surface area contributed by atoms with Gasteiger partial charge in [0.05, 0.1) is 11.5 Å². The van der Waals surface area contributed by atoms with Gasteiger partial charge in [0, 0.05) is 24.4 Å². The van der Waals surface area contributed by atoms with Crippen LogP contribution in [0.15, 0.2) is 23.2 Å². The van der Waals surface area contributed by atoms with E-state index in [0.29, 0.717) is 0 Å². The highest BCUT2D eigenvalue weighted by atomic mass is 16.6. The molecule has 0 saturated heterocycles. The third kappa shape index (κ3) is 2.10. The van der Waals surface area contributed by atoms with Gasteiger partial charge in [-0.05, 0) is 18.6 Å².